The molecule has 0 spiro atoms. The molecule has 18 heavy (non-hydrogen) atoms. The molecule has 1 unspecified atom stereocenters. The first-order valence-electron chi connectivity index (χ1n) is 5.87. The standard InChI is InChI=1S/C14H19BrO3/c1-9(2)14(18-4)12(16)8-10-5-6-13(17-3)11(15)7-10/h5-7,9,14H,8H2,1-4H3. The van der Waals surface area contributed by atoms with Crippen LogP contribution in [-0.2, 0) is 16.0 Å². The van der Waals surface area contributed by atoms with Gasteiger partial charge in [0.15, 0.2) is 5.78 Å². The molecule has 1 aromatic rings. The molecule has 0 radical (unpaired) electrons. The van der Waals surface area contributed by atoms with Crippen LogP contribution in [-0.4, -0.2) is 26.1 Å². The van der Waals surface area contributed by atoms with Gasteiger partial charge in [-0.05, 0) is 39.5 Å². The zero-order valence-electron chi connectivity index (χ0n) is 11.2. The normalized spacial score (nSPS) is 12.6. The average Bonchev–Trinajstić information content (AvgIpc) is 2.29. The van der Waals surface area contributed by atoms with E-state index in [1.165, 1.54) is 0 Å². The molecule has 0 fully saturated rings. The Morgan fingerprint density at radius 1 is 1.33 bits per heavy atom. The van der Waals surface area contributed by atoms with Crippen molar-refractivity contribution in [2.45, 2.75) is 26.4 Å². The maximum atomic E-state index is 12.1. The third-order valence-electron chi connectivity index (χ3n) is 2.77. The molecular formula is C14H19BrO3. The van der Waals surface area contributed by atoms with Crippen LogP contribution in [0.3, 0.4) is 0 Å². The smallest absolute Gasteiger partial charge is 0.166 e. The summed E-state index contributed by atoms with van der Waals surface area (Å²) in [6.45, 7) is 3.96. The highest BCUT2D eigenvalue weighted by atomic mass is 79.9. The Bertz CT molecular complexity index is 416. The molecule has 0 amide bonds. The van der Waals surface area contributed by atoms with Gasteiger partial charge in [-0.3, -0.25) is 4.79 Å². The van der Waals surface area contributed by atoms with E-state index in [-0.39, 0.29) is 17.8 Å². The van der Waals surface area contributed by atoms with Crippen molar-refractivity contribution >= 4 is 21.7 Å². The fraction of sp³-hybridized carbons (Fsp3) is 0.500. The largest absolute Gasteiger partial charge is 0.496 e. The van der Waals surface area contributed by atoms with Gasteiger partial charge in [-0.1, -0.05) is 19.9 Å². The molecule has 0 heterocycles. The van der Waals surface area contributed by atoms with Gasteiger partial charge in [0.1, 0.15) is 11.9 Å². The van der Waals surface area contributed by atoms with Gasteiger partial charge in [-0.15, -0.1) is 0 Å². The van der Waals surface area contributed by atoms with E-state index in [1.54, 1.807) is 14.2 Å². The number of Topliss-reactive ketones (excluding diaryl/α,β-unsaturated/α-hetero) is 1. The number of methoxy groups -OCH3 is 2. The predicted octanol–water partition coefficient (Wildman–Crippen LogP) is 3.24. The number of halogens is 1. The van der Waals surface area contributed by atoms with E-state index in [0.29, 0.717) is 6.42 Å². The Morgan fingerprint density at radius 2 is 2.00 bits per heavy atom. The summed E-state index contributed by atoms with van der Waals surface area (Å²) in [5, 5.41) is 0. The van der Waals surface area contributed by atoms with Crippen LogP contribution in [0.25, 0.3) is 0 Å². The lowest BCUT2D eigenvalue weighted by atomic mass is 9.98. The molecule has 0 aliphatic rings. The highest BCUT2D eigenvalue weighted by Gasteiger charge is 2.21. The van der Waals surface area contributed by atoms with Gasteiger partial charge in [0.25, 0.3) is 0 Å². The molecule has 0 saturated heterocycles. The molecule has 1 aromatic carbocycles. The Balaban J connectivity index is 2.78. The number of carbonyl (C=O) groups is 1. The molecular weight excluding hydrogens is 296 g/mol. The van der Waals surface area contributed by atoms with E-state index in [9.17, 15) is 4.79 Å². The SMILES string of the molecule is COc1ccc(CC(=O)C(OC)C(C)C)cc1Br. The third-order valence-corrected chi connectivity index (χ3v) is 3.39. The molecule has 4 heteroatoms. The maximum Gasteiger partial charge on any atom is 0.166 e. The highest BCUT2D eigenvalue weighted by Crippen LogP contribution is 2.26. The van der Waals surface area contributed by atoms with Crippen LogP contribution < -0.4 is 4.74 Å². The van der Waals surface area contributed by atoms with Crippen LogP contribution in [0.4, 0.5) is 0 Å². The van der Waals surface area contributed by atoms with Gasteiger partial charge >= 0.3 is 0 Å². The van der Waals surface area contributed by atoms with Crippen LogP contribution in [0, 0.1) is 5.92 Å². The summed E-state index contributed by atoms with van der Waals surface area (Å²) >= 11 is 3.41. The lowest BCUT2D eigenvalue weighted by Gasteiger charge is -2.17. The van der Waals surface area contributed by atoms with Crippen molar-refractivity contribution in [1.82, 2.24) is 0 Å². The molecule has 3 nitrogen and oxygen atoms in total. The number of carbonyl (C=O) groups excluding carboxylic acids is 1. The van der Waals surface area contributed by atoms with Crippen LogP contribution in [0.15, 0.2) is 22.7 Å². The van der Waals surface area contributed by atoms with E-state index >= 15 is 0 Å². The number of ketones is 1. The topological polar surface area (TPSA) is 35.5 Å². The van der Waals surface area contributed by atoms with Crippen molar-refractivity contribution in [2.75, 3.05) is 14.2 Å². The molecule has 1 atom stereocenters. The highest BCUT2D eigenvalue weighted by molar-refractivity contribution is 9.10. The number of ether oxygens (including phenoxy) is 2. The van der Waals surface area contributed by atoms with Gasteiger partial charge < -0.3 is 9.47 Å². The van der Waals surface area contributed by atoms with Crippen molar-refractivity contribution in [3.63, 3.8) is 0 Å². The molecule has 0 N–H and O–H groups in total. The molecule has 0 aliphatic carbocycles. The fourth-order valence-corrected chi connectivity index (χ4v) is 2.49. The first kappa shape index (κ1) is 15.2. The Kier molecular flexibility index (Phi) is 5.82. The van der Waals surface area contributed by atoms with Crippen LogP contribution in [0.2, 0.25) is 0 Å². The molecule has 0 bridgehead atoms. The number of hydrogen-bond donors (Lipinski definition) is 0. The maximum absolute atomic E-state index is 12.1. The van der Waals surface area contributed by atoms with E-state index in [1.807, 2.05) is 32.0 Å². The lowest BCUT2D eigenvalue weighted by Crippen LogP contribution is -2.29. The summed E-state index contributed by atoms with van der Waals surface area (Å²) in [4.78, 5) is 12.1. The summed E-state index contributed by atoms with van der Waals surface area (Å²) in [7, 11) is 3.19. The first-order valence-corrected chi connectivity index (χ1v) is 6.66. The zero-order valence-corrected chi connectivity index (χ0v) is 12.8. The second-order valence-electron chi connectivity index (χ2n) is 4.51. The molecule has 100 valence electrons. The molecule has 0 aliphatic heterocycles. The van der Waals surface area contributed by atoms with Gasteiger partial charge in [-0.2, -0.15) is 0 Å². The zero-order chi connectivity index (χ0) is 13.7. The Hall–Kier alpha value is -0.870. The average molecular weight is 315 g/mol. The number of rotatable bonds is 6. The van der Waals surface area contributed by atoms with E-state index < -0.39 is 0 Å². The Labute approximate surface area is 117 Å². The van der Waals surface area contributed by atoms with Gasteiger partial charge in [-0.25, -0.2) is 0 Å². The molecule has 0 saturated carbocycles. The van der Waals surface area contributed by atoms with Crippen LogP contribution in [0.1, 0.15) is 19.4 Å². The lowest BCUT2D eigenvalue weighted by molar-refractivity contribution is -0.130. The van der Waals surface area contributed by atoms with E-state index in [0.717, 1.165) is 15.8 Å². The van der Waals surface area contributed by atoms with Crippen molar-refractivity contribution in [3.8, 4) is 5.75 Å². The third kappa shape index (κ3) is 3.82. The van der Waals surface area contributed by atoms with Crippen molar-refractivity contribution in [2.24, 2.45) is 5.92 Å². The van der Waals surface area contributed by atoms with Crippen molar-refractivity contribution in [3.05, 3.63) is 28.2 Å². The monoisotopic (exact) mass is 314 g/mol. The summed E-state index contributed by atoms with van der Waals surface area (Å²) < 4.78 is 11.2. The predicted molar refractivity (Wildman–Crippen MR) is 75.0 cm³/mol. The fourth-order valence-electron chi connectivity index (χ4n) is 1.90. The minimum Gasteiger partial charge on any atom is -0.496 e. The summed E-state index contributed by atoms with van der Waals surface area (Å²) in [5.41, 5.74) is 0.954. The van der Waals surface area contributed by atoms with E-state index in [2.05, 4.69) is 15.9 Å². The minimum absolute atomic E-state index is 0.101. The second-order valence-corrected chi connectivity index (χ2v) is 5.37. The second kappa shape index (κ2) is 6.90. The summed E-state index contributed by atoms with van der Waals surface area (Å²) in [6, 6.07) is 5.65. The Morgan fingerprint density at radius 3 is 2.44 bits per heavy atom. The van der Waals surface area contributed by atoms with Crippen LogP contribution in [0.5, 0.6) is 5.75 Å². The number of benzene rings is 1. The van der Waals surface area contributed by atoms with Gasteiger partial charge in [0.05, 0.1) is 11.6 Å². The minimum atomic E-state index is -0.342. The summed E-state index contributed by atoms with van der Waals surface area (Å²) in [5.74, 6) is 1.05. The van der Waals surface area contributed by atoms with Crippen molar-refractivity contribution < 1.29 is 14.3 Å². The van der Waals surface area contributed by atoms with Crippen molar-refractivity contribution in [1.29, 1.82) is 0 Å². The molecule has 0 aromatic heterocycles. The number of hydrogen-bond acceptors (Lipinski definition) is 3. The molecule has 1 rings (SSSR count). The van der Waals surface area contributed by atoms with Gasteiger partial charge in [0.2, 0.25) is 0 Å². The van der Waals surface area contributed by atoms with Gasteiger partial charge in [0, 0.05) is 13.5 Å². The van der Waals surface area contributed by atoms with E-state index in [4.69, 9.17) is 9.47 Å². The van der Waals surface area contributed by atoms with Crippen LogP contribution >= 0.6 is 15.9 Å². The quantitative estimate of drug-likeness (QED) is 0.808. The summed E-state index contributed by atoms with van der Waals surface area (Å²) in [6.07, 6.45) is 0.0325. The first-order chi connectivity index (χ1) is 8.49.